The molecule has 1 fully saturated rings. The van der Waals surface area contributed by atoms with Crippen molar-refractivity contribution >= 4 is 29.1 Å². The van der Waals surface area contributed by atoms with E-state index < -0.39 is 22.7 Å². The number of hydrogen-bond acceptors (Lipinski definition) is 3. The number of benzene rings is 1. The summed E-state index contributed by atoms with van der Waals surface area (Å²) in [5, 5.41) is 1.91. The van der Waals surface area contributed by atoms with E-state index in [4.69, 9.17) is 17.3 Å². The first kappa shape index (κ1) is 20.5. The standard InChI is InChI=1S/C17H21ClF3N3O2/c1-24(16(26)7-10-3-2-4-14(10)22)9-15(25)23-11-5-6-13(18)12(8-11)17(19,20)21/h5-6,8,10,14H,2-4,7,9,22H2,1H3,(H,23,25)/t10-,14+/m0/s1. The quantitative estimate of drug-likeness (QED) is 0.808. The van der Waals surface area contributed by atoms with Crippen LogP contribution in [0.15, 0.2) is 18.2 Å². The van der Waals surface area contributed by atoms with E-state index >= 15 is 0 Å². The van der Waals surface area contributed by atoms with E-state index in [1.54, 1.807) is 0 Å². The monoisotopic (exact) mass is 391 g/mol. The zero-order valence-electron chi connectivity index (χ0n) is 14.3. The van der Waals surface area contributed by atoms with Crippen molar-refractivity contribution in [2.24, 2.45) is 11.7 Å². The van der Waals surface area contributed by atoms with Crippen LogP contribution in [0.1, 0.15) is 31.2 Å². The predicted octanol–water partition coefficient (Wildman–Crippen LogP) is 3.27. The molecule has 1 aliphatic carbocycles. The zero-order chi connectivity index (χ0) is 19.5. The molecule has 0 radical (unpaired) electrons. The molecule has 1 aromatic carbocycles. The van der Waals surface area contributed by atoms with Crippen LogP contribution in [0, 0.1) is 5.92 Å². The average Bonchev–Trinajstić information content (AvgIpc) is 2.93. The van der Waals surface area contributed by atoms with Crippen molar-refractivity contribution < 1.29 is 22.8 Å². The zero-order valence-corrected chi connectivity index (χ0v) is 15.0. The van der Waals surface area contributed by atoms with Crippen LogP contribution in [0.4, 0.5) is 18.9 Å². The van der Waals surface area contributed by atoms with E-state index in [9.17, 15) is 22.8 Å². The highest BCUT2D eigenvalue weighted by Crippen LogP contribution is 2.36. The number of rotatable bonds is 5. The number of carbonyl (C=O) groups is 2. The van der Waals surface area contributed by atoms with Crippen molar-refractivity contribution in [3.05, 3.63) is 28.8 Å². The number of nitrogens with two attached hydrogens (primary N) is 1. The molecular weight excluding hydrogens is 371 g/mol. The normalized spacial score (nSPS) is 20.1. The third-order valence-corrected chi connectivity index (χ3v) is 4.85. The lowest BCUT2D eigenvalue weighted by atomic mass is 9.99. The Hall–Kier alpha value is -1.80. The summed E-state index contributed by atoms with van der Waals surface area (Å²) >= 11 is 5.54. The summed E-state index contributed by atoms with van der Waals surface area (Å²) in [5.41, 5.74) is 4.87. The number of nitrogens with zero attached hydrogens (tertiary/aromatic N) is 1. The van der Waals surface area contributed by atoms with Crippen molar-refractivity contribution in [2.75, 3.05) is 18.9 Å². The fourth-order valence-electron chi connectivity index (χ4n) is 3.02. The van der Waals surface area contributed by atoms with Crippen LogP contribution in [-0.2, 0) is 15.8 Å². The van der Waals surface area contributed by atoms with Gasteiger partial charge in [0, 0.05) is 25.2 Å². The van der Waals surface area contributed by atoms with Crippen molar-refractivity contribution in [3.63, 3.8) is 0 Å². The topological polar surface area (TPSA) is 75.4 Å². The Bertz CT molecular complexity index is 682. The van der Waals surface area contributed by atoms with Crippen LogP contribution in [0.2, 0.25) is 5.02 Å². The second kappa shape index (κ2) is 8.26. The SMILES string of the molecule is CN(CC(=O)Nc1ccc(Cl)c(C(F)(F)F)c1)C(=O)C[C@@H]1CCC[C@H]1N. The van der Waals surface area contributed by atoms with E-state index in [1.807, 2.05) is 0 Å². The average molecular weight is 392 g/mol. The highest BCUT2D eigenvalue weighted by atomic mass is 35.5. The van der Waals surface area contributed by atoms with Crippen molar-refractivity contribution in [2.45, 2.75) is 37.9 Å². The first-order chi connectivity index (χ1) is 12.1. The Balaban J connectivity index is 1.92. The van der Waals surface area contributed by atoms with E-state index in [1.165, 1.54) is 18.0 Å². The summed E-state index contributed by atoms with van der Waals surface area (Å²) in [6.45, 7) is -0.259. The molecule has 0 saturated heterocycles. The lowest BCUT2D eigenvalue weighted by Crippen LogP contribution is -2.37. The molecule has 0 heterocycles. The third kappa shape index (κ3) is 5.35. The van der Waals surface area contributed by atoms with Crippen LogP contribution in [0.3, 0.4) is 0 Å². The molecule has 26 heavy (non-hydrogen) atoms. The fourth-order valence-corrected chi connectivity index (χ4v) is 3.25. The molecule has 1 aromatic rings. The molecule has 2 atom stereocenters. The summed E-state index contributed by atoms with van der Waals surface area (Å²) in [7, 11) is 1.48. The lowest BCUT2D eigenvalue weighted by molar-refractivity contribution is -0.137. The van der Waals surface area contributed by atoms with E-state index in [-0.39, 0.29) is 36.5 Å². The van der Waals surface area contributed by atoms with Crippen LogP contribution in [0.5, 0.6) is 0 Å². The van der Waals surface area contributed by atoms with Gasteiger partial charge in [-0.3, -0.25) is 9.59 Å². The molecule has 2 rings (SSSR count). The highest BCUT2D eigenvalue weighted by Gasteiger charge is 2.33. The van der Waals surface area contributed by atoms with E-state index in [0.29, 0.717) is 0 Å². The largest absolute Gasteiger partial charge is 0.417 e. The minimum Gasteiger partial charge on any atom is -0.336 e. The van der Waals surface area contributed by atoms with Gasteiger partial charge in [0.2, 0.25) is 11.8 Å². The van der Waals surface area contributed by atoms with Gasteiger partial charge in [-0.25, -0.2) is 0 Å². The summed E-state index contributed by atoms with van der Waals surface area (Å²) in [5.74, 6) is -0.694. The molecule has 1 saturated carbocycles. The number of halogens is 4. The molecule has 144 valence electrons. The summed E-state index contributed by atoms with van der Waals surface area (Å²) in [6.07, 6.45) is -1.59. The molecule has 0 spiro atoms. The molecule has 1 aliphatic rings. The molecule has 5 nitrogen and oxygen atoms in total. The Morgan fingerprint density at radius 1 is 1.35 bits per heavy atom. The van der Waals surface area contributed by atoms with Crippen LogP contribution >= 0.6 is 11.6 Å². The Morgan fingerprint density at radius 3 is 2.62 bits per heavy atom. The minimum absolute atomic E-state index is 0.00367. The maximum absolute atomic E-state index is 12.8. The number of alkyl halides is 3. The Morgan fingerprint density at radius 2 is 2.04 bits per heavy atom. The number of anilines is 1. The van der Waals surface area contributed by atoms with Gasteiger partial charge < -0.3 is 16.0 Å². The van der Waals surface area contributed by atoms with Gasteiger partial charge in [0.15, 0.2) is 0 Å². The summed E-state index contributed by atoms with van der Waals surface area (Å²) in [6, 6.07) is 3.10. The first-order valence-corrected chi connectivity index (χ1v) is 8.62. The molecular formula is C17H21ClF3N3O2. The fraction of sp³-hybridized carbons (Fsp3) is 0.529. The van der Waals surface area contributed by atoms with Crippen LogP contribution in [-0.4, -0.2) is 36.3 Å². The maximum Gasteiger partial charge on any atom is 0.417 e. The van der Waals surface area contributed by atoms with Gasteiger partial charge in [-0.2, -0.15) is 13.2 Å². The van der Waals surface area contributed by atoms with Crippen LogP contribution < -0.4 is 11.1 Å². The molecule has 3 N–H and O–H groups in total. The van der Waals surface area contributed by atoms with Crippen LogP contribution in [0.25, 0.3) is 0 Å². The van der Waals surface area contributed by atoms with E-state index in [2.05, 4.69) is 5.32 Å². The second-order valence-corrected chi connectivity index (χ2v) is 6.96. The molecule has 0 unspecified atom stereocenters. The smallest absolute Gasteiger partial charge is 0.336 e. The predicted molar refractivity (Wildman–Crippen MR) is 92.7 cm³/mol. The van der Waals surface area contributed by atoms with Crippen molar-refractivity contribution in [3.8, 4) is 0 Å². The number of nitrogens with one attached hydrogen (secondary N) is 1. The van der Waals surface area contributed by atoms with E-state index in [0.717, 1.165) is 31.4 Å². The second-order valence-electron chi connectivity index (χ2n) is 6.55. The van der Waals surface area contributed by atoms with Crippen molar-refractivity contribution in [1.29, 1.82) is 0 Å². The first-order valence-electron chi connectivity index (χ1n) is 8.24. The number of hydrogen-bond donors (Lipinski definition) is 2. The molecule has 0 aromatic heterocycles. The molecule has 0 bridgehead atoms. The Labute approximate surface area is 154 Å². The van der Waals surface area contributed by atoms with Gasteiger partial charge >= 0.3 is 6.18 Å². The minimum atomic E-state index is -4.62. The highest BCUT2D eigenvalue weighted by molar-refractivity contribution is 6.31. The number of likely N-dealkylation sites (N-methyl/N-ethyl adjacent to an activating group) is 1. The molecule has 0 aliphatic heterocycles. The van der Waals surface area contributed by atoms with Gasteiger partial charge in [0.25, 0.3) is 0 Å². The Kier molecular flexibility index (Phi) is 6.52. The van der Waals surface area contributed by atoms with Gasteiger partial charge in [-0.15, -0.1) is 0 Å². The van der Waals surface area contributed by atoms with Gasteiger partial charge in [-0.05, 0) is 37.0 Å². The summed E-state index contributed by atoms with van der Waals surface area (Å²) in [4.78, 5) is 25.5. The number of carbonyl (C=O) groups excluding carboxylic acids is 2. The van der Waals surface area contributed by atoms with Gasteiger partial charge in [0.05, 0.1) is 17.1 Å². The third-order valence-electron chi connectivity index (χ3n) is 4.52. The summed E-state index contributed by atoms with van der Waals surface area (Å²) < 4.78 is 38.5. The lowest BCUT2D eigenvalue weighted by Gasteiger charge is -2.21. The number of amides is 2. The molecule has 2 amide bonds. The maximum atomic E-state index is 12.8. The van der Waals surface area contributed by atoms with Gasteiger partial charge in [0.1, 0.15) is 0 Å². The van der Waals surface area contributed by atoms with Gasteiger partial charge in [-0.1, -0.05) is 18.0 Å². The van der Waals surface area contributed by atoms with Crippen molar-refractivity contribution in [1.82, 2.24) is 4.90 Å². The molecule has 9 heteroatoms.